The summed E-state index contributed by atoms with van der Waals surface area (Å²) >= 11 is 0. The van der Waals surface area contributed by atoms with Gasteiger partial charge < -0.3 is 4.74 Å². The van der Waals surface area contributed by atoms with Crippen LogP contribution in [0.1, 0.15) is 34.1 Å². The van der Waals surface area contributed by atoms with Gasteiger partial charge in [0, 0.05) is 0 Å². The van der Waals surface area contributed by atoms with Crippen LogP contribution in [0, 0.1) is 5.41 Å². The lowest BCUT2D eigenvalue weighted by molar-refractivity contribution is 0.265. The van der Waals surface area contributed by atoms with Gasteiger partial charge in [-0.15, -0.1) is 0 Å². The van der Waals surface area contributed by atoms with Crippen LogP contribution in [-0.2, 0) is 4.74 Å². The minimum Gasteiger partial charge on any atom is -0.497 e. The standard InChI is InChI=1S/C11H18O/c1-5-9-8-12-7-6-10(9)11(2,3)4/h6-7H,5,8H2,1-4H3. The molecule has 1 heterocycles. The third-order valence-electron chi connectivity index (χ3n) is 2.20. The summed E-state index contributed by atoms with van der Waals surface area (Å²) in [6.07, 6.45) is 5.00. The Morgan fingerprint density at radius 1 is 1.42 bits per heavy atom. The fraction of sp³-hybridized carbons (Fsp3) is 0.636. The lowest BCUT2D eigenvalue weighted by atomic mass is 9.82. The van der Waals surface area contributed by atoms with E-state index in [1.165, 1.54) is 11.1 Å². The minimum absolute atomic E-state index is 0.256. The topological polar surface area (TPSA) is 9.23 Å². The molecule has 0 fully saturated rings. The molecule has 1 rings (SSSR count). The Hall–Kier alpha value is -0.720. The summed E-state index contributed by atoms with van der Waals surface area (Å²) in [5.74, 6) is 0. The summed E-state index contributed by atoms with van der Waals surface area (Å²) in [6, 6.07) is 0. The summed E-state index contributed by atoms with van der Waals surface area (Å²) in [7, 11) is 0. The first-order valence-electron chi connectivity index (χ1n) is 4.56. The molecular formula is C11H18O. The average molecular weight is 166 g/mol. The largest absolute Gasteiger partial charge is 0.497 e. The first-order chi connectivity index (χ1) is 5.55. The van der Waals surface area contributed by atoms with Crippen LogP contribution in [0.15, 0.2) is 23.5 Å². The van der Waals surface area contributed by atoms with E-state index in [0.717, 1.165) is 13.0 Å². The fourth-order valence-electron chi connectivity index (χ4n) is 1.53. The maximum absolute atomic E-state index is 5.26. The highest BCUT2D eigenvalue weighted by atomic mass is 16.5. The number of rotatable bonds is 1. The van der Waals surface area contributed by atoms with Gasteiger partial charge in [0.15, 0.2) is 0 Å². The highest BCUT2D eigenvalue weighted by molar-refractivity contribution is 5.32. The quantitative estimate of drug-likeness (QED) is 0.581. The van der Waals surface area contributed by atoms with Crippen molar-refractivity contribution in [2.75, 3.05) is 6.61 Å². The number of hydrogen-bond donors (Lipinski definition) is 0. The van der Waals surface area contributed by atoms with E-state index >= 15 is 0 Å². The summed E-state index contributed by atoms with van der Waals surface area (Å²) in [4.78, 5) is 0. The Morgan fingerprint density at radius 3 is 2.50 bits per heavy atom. The predicted molar refractivity (Wildman–Crippen MR) is 51.9 cm³/mol. The average Bonchev–Trinajstić information content (AvgIpc) is 2.03. The molecule has 1 heteroatoms. The first-order valence-corrected chi connectivity index (χ1v) is 4.56. The number of allylic oxidation sites excluding steroid dienone is 2. The van der Waals surface area contributed by atoms with Crippen molar-refractivity contribution in [3.63, 3.8) is 0 Å². The molecule has 0 unspecified atom stereocenters. The van der Waals surface area contributed by atoms with Crippen molar-refractivity contribution in [3.8, 4) is 0 Å². The van der Waals surface area contributed by atoms with Gasteiger partial charge in [-0.2, -0.15) is 0 Å². The van der Waals surface area contributed by atoms with E-state index in [4.69, 9.17) is 4.74 Å². The van der Waals surface area contributed by atoms with Crippen LogP contribution >= 0.6 is 0 Å². The molecule has 0 N–H and O–H groups in total. The smallest absolute Gasteiger partial charge is 0.109 e. The first kappa shape index (κ1) is 9.37. The molecule has 0 atom stereocenters. The molecule has 0 bridgehead atoms. The van der Waals surface area contributed by atoms with E-state index in [-0.39, 0.29) is 5.41 Å². The molecule has 0 saturated carbocycles. The van der Waals surface area contributed by atoms with E-state index in [1.807, 2.05) is 0 Å². The zero-order valence-electron chi connectivity index (χ0n) is 8.48. The Morgan fingerprint density at radius 2 is 2.08 bits per heavy atom. The molecule has 68 valence electrons. The summed E-state index contributed by atoms with van der Waals surface area (Å²) in [5, 5.41) is 0. The van der Waals surface area contributed by atoms with Crippen molar-refractivity contribution in [2.24, 2.45) is 5.41 Å². The van der Waals surface area contributed by atoms with Crippen molar-refractivity contribution in [1.29, 1.82) is 0 Å². The summed E-state index contributed by atoms with van der Waals surface area (Å²) in [5.41, 5.74) is 3.13. The second-order valence-electron chi connectivity index (χ2n) is 4.23. The van der Waals surface area contributed by atoms with E-state index in [2.05, 4.69) is 33.8 Å². The summed E-state index contributed by atoms with van der Waals surface area (Å²) < 4.78 is 5.26. The molecule has 0 amide bonds. The van der Waals surface area contributed by atoms with Crippen molar-refractivity contribution in [1.82, 2.24) is 0 Å². The molecule has 12 heavy (non-hydrogen) atoms. The van der Waals surface area contributed by atoms with E-state index in [9.17, 15) is 0 Å². The third-order valence-corrected chi connectivity index (χ3v) is 2.20. The Balaban J connectivity index is 2.97. The van der Waals surface area contributed by atoms with Gasteiger partial charge in [-0.25, -0.2) is 0 Å². The Bertz CT molecular complexity index is 216. The molecule has 0 aliphatic carbocycles. The second kappa shape index (κ2) is 3.34. The SMILES string of the molecule is CCC1=C(C(C)(C)C)C=COC1. The van der Waals surface area contributed by atoms with Crippen LogP contribution in [0.5, 0.6) is 0 Å². The maximum Gasteiger partial charge on any atom is 0.109 e. The van der Waals surface area contributed by atoms with Crippen molar-refractivity contribution >= 4 is 0 Å². The van der Waals surface area contributed by atoms with E-state index in [0.29, 0.717) is 0 Å². The maximum atomic E-state index is 5.26. The van der Waals surface area contributed by atoms with Crippen LogP contribution in [0.2, 0.25) is 0 Å². The van der Waals surface area contributed by atoms with Crippen molar-refractivity contribution in [2.45, 2.75) is 34.1 Å². The monoisotopic (exact) mass is 166 g/mol. The van der Waals surface area contributed by atoms with Gasteiger partial charge in [0.05, 0.1) is 6.26 Å². The van der Waals surface area contributed by atoms with Crippen LogP contribution in [0.3, 0.4) is 0 Å². The molecule has 1 aliphatic rings. The molecular weight excluding hydrogens is 148 g/mol. The van der Waals surface area contributed by atoms with Crippen LogP contribution < -0.4 is 0 Å². The molecule has 0 aromatic rings. The normalized spacial score (nSPS) is 18.0. The van der Waals surface area contributed by atoms with Crippen LogP contribution in [0.4, 0.5) is 0 Å². The van der Waals surface area contributed by atoms with Crippen molar-refractivity contribution < 1.29 is 4.74 Å². The van der Waals surface area contributed by atoms with E-state index in [1.54, 1.807) is 6.26 Å². The lowest BCUT2D eigenvalue weighted by Gasteiger charge is -2.26. The van der Waals surface area contributed by atoms with Gasteiger partial charge in [-0.1, -0.05) is 27.7 Å². The van der Waals surface area contributed by atoms with Gasteiger partial charge in [0.1, 0.15) is 6.61 Å². The lowest BCUT2D eigenvalue weighted by Crippen LogP contribution is -2.14. The van der Waals surface area contributed by atoms with Gasteiger partial charge in [-0.3, -0.25) is 0 Å². The summed E-state index contributed by atoms with van der Waals surface area (Å²) in [6.45, 7) is 9.69. The van der Waals surface area contributed by atoms with E-state index < -0.39 is 0 Å². The zero-order chi connectivity index (χ0) is 9.19. The molecule has 0 aromatic heterocycles. The molecule has 0 spiro atoms. The highest BCUT2D eigenvalue weighted by Gasteiger charge is 2.20. The predicted octanol–water partition coefficient (Wildman–Crippen LogP) is 3.28. The number of hydrogen-bond acceptors (Lipinski definition) is 1. The fourth-order valence-corrected chi connectivity index (χ4v) is 1.53. The van der Waals surface area contributed by atoms with Crippen LogP contribution in [0.25, 0.3) is 0 Å². The van der Waals surface area contributed by atoms with Gasteiger partial charge in [0.2, 0.25) is 0 Å². The molecule has 1 aliphatic heterocycles. The highest BCUT2D eigenvalue weighted by Crippen LogP contribution is 2.32. The molecule has 0 saturated heterocycles. The van der Waals surface area contributed by atoms with Crippen LogP contribution in [-0.4, -0.2) is 6.61 Å². The Kier molecular flexibility index (Phi) is 2.61. The third kappa shape index (κ3) is 1.90. The van der Waals surface area contributed by atoms with Crippen molar-refractivity contribution in [3.05, 3.63) is 23.5 Å². The van der Waals surface area contributed by atoms with Gasteiger partial charge in [0.25, 0.3) is 0 Å². The second-order valence-corrected chi connectivity index (χ2v) is 4.23. The Labute approximate surface area is 75.1 Å². The molecule has 0 radical (unpaired) electrons. The molecule has 1 nitrogen and oxygen atoms in total. The minimum atomic E-state index is 0.256. The number of ether oxygens (including phenoxy) is 1. The molecule has 0 aromatic carbocycles. The zero-order valence-corrected chi connectivity index (χ0v) is 8.48. The van der Waals surface area contributed by atoms with Gasteiger partial charge >= 0.3 is 0 Å². The van der Waals surface area contributed by atoms with Gasteiger partial charge in [-0.05, 0) is 29.1 Å².